The zero-order chi connectivity index (χ0) is 28.1. The van der Waals surface area contributed by atoms with E-state index in [0.29, 0.717) is 37.1 Å². The fourth-order valence-electron chi connectivity index (χ4n) is 5.89. The average molecular weight is 552 g/mol. The van der Waals surface area contributed by atoms with Crippen LogP contribution in [0.2, 0.25) is 0 Å². The third kappa shape index (κ3) is 8.41. The number of sulfonamides is 1. The third-order valence-electron chi connectivity index (χ3n) is 7.73. The normalized spacial score (nSPS) is 23.8. The molecule has 1 saturated carbocycles. The van der Waals surface area contributed by atoms with Gasteiger partial charge in [0.05, 0.1) is 24.2 Å². The van der Waals surface area contributed by atoms with Gasteiger partial charge in [-0.1, -0.05) is 33.1 Å². The van der Waals surface area contributed by atoms with E-state index in [4.69, 9.17) is 4.74 Å². The molecule has 0 spiro atoms. The van der Waals surface area contributed by atoms with Crippen molar-refractivity contribution in [3.8, 4) is 5.75 Å². The molecule has 216 valence electrons. The van der Waals surface area contributed by atoms with Gasteiger partial charge in [-0.3, -0.25) is 9.69 Å². The zero-order valence-electron chi connectivity index (χ0n) is 24.2. The summed E-state index contributed by atoms with van der Waals surface area (Å²) in [6.45, 7) is 11.7. The van der Waals surface area contributed by atoms with Gasteiger partial charge >= 0.3 is 0 Å². The molecule has 8 nitrogen and oxygen atoms in total. The number of methoxy groups -OCH3 is 1. The van der Waals surface area contributed by atoms with Gasteiger partial charge in [-0.15, -0.1) is 0 Å². The first kappa shape index (κ1) is 30.9. The predicted molar refractivity (Wildman–Crippen MR) is 151 cm³/mol. The van der Waals surface area contributed by atoms with Gasteiger partial charge in [-0.05, 0) is 82.1 Å². The Bertz CT molecular complexity index is 1010. The van der Waals surface area contributed by atoms with Gasteiger partial charge < -0.3 is 15.2 Å². The van der Waals surface area contributed by atoms with E-state index in [9.17, 15) is 18.3 Å². The lowest BCUT2D eigenvalue weighted by molar-refractivity contribution is -0.131. The first-order valence-electron chi connectivity index (χ1n) is 14.2. The molecule has 1 heterocycles. The van der Waals surface area contributed by atoms with Crippen molar-refractivity contribution in [1.29, 1.82) is 0 Å². The van der Waals surface area contributed by atoms with Gasteiger partial charge in [0.1, 0.15) is 5.75 Å². The van der Waals surface area contributed by atoms with Crippen LogP contribution >= 0.6 is 0 Å². The molecule has 1 aromatic rings. The van der Waals surface area contributed by atoms with Crippen LogP contribution in [0.25, 0.3) is 0 Å². The minimum Gasteiger partial charge on any atom is -0.497 e. The monoisotopic (exact) mass is 551 g/mol. The third-order valence-corrected chi connectivity index (χ3v) is 9.58. The van der Waals surface area contributed by atoms with E-state index < -0.39 is 16.1 Å². The molecule has 1 unspecified atom stereocenters. The summed E-state index contributed by atoms with van der Waals surface area (Å²) in [7, 11) is -2.24. The van der Waals surface area contributed by atoms with E-state index in [2.05, 4.69) is 10.2 Å². The number of rotatable bonds is 11. The number of fused-ring (bicyclic) bond motifs is 1. The molecule has 38 heavy (non-hydrogen) atoms. The summed E-state index contributed by atoms with van der Waals surface area (Å²) in [5.74, 6) is 1.92. The Kier molecular flexibility index (Phi) is 10.6. The molecule has 0 bridgehead atoms. The Morgan fingerprint density at radius 3 is 2.34 bits per heavy atom. The fraction of sp³-hybridized carbons (Fsp3) is 0.759. The lowest BCUT2D eigenvalue weighted by Gasteiger charge is -2.46. The van der Waals surface area contributed by atoms with Crippen LogP contribution in [0.15, 0.2) is 29.2 Å². The molecule has 1 aliphatic carbocycles. The second kappa shape index (κ2) is 13.1. The molecule has 2 N–H and O–H groups in total. The maximum absolute atomic E-state index is 13.5. The van der Waals surface area contributed by atoms with Crippen molar-refractivity contribution < 1.29 is 23.1 Å². The standard InChI is InChI=1S/C29H49N3O5S/c1-21(2)18-32(38(35,36)26-13-11-25(37-6)12-14-26)20-24(33)15-16-31-19-23-10-8-7-9-22(23)17-27(31)28(34)30-29(3,4)5/h11-14,21-24,27,33H,7-10,15-20H2,1-6H3,(H,30,34)/t22-,23+,24?,27-/m0/s1. The predicted octanol–water partition coefficient (Wildman–Crippen LogP) is 3.89. The molecule has 2 aliphatic rings. The molecule has 0 radical (unpaired) electrons. The summed E-state index contributed by atoms with van der Waals surface area (Å²) in [4.78, 5) is 15.7. The number of aliphatic hydroxyl groups is 1. The molecule has 9 heteroatoms. The molecular formula is C29H49N3O5S. The van der Waals surface area contributed by atoms with Crippen LogP contribution in [-0.4, -0.2) is 79.6 Å². The summed E-state index contributed by atoms with van der Waals surface area (Å²) < 4.78 is 33.5. The SMILES string of the molecule is COc1ccc(S(=O)(=O)N(CC(C)C)CC(O)CCN2C[C@H]3CCCC[C@H]3C[C@H]2C(=O)NC(C)(C)C)cc1. The second-order valence-corrected chi connectivity index (χ2v) is 14.6. The minimum absolute atomic E-state index is 0.0191. The first-order valence-corrected chi connectivity index (χ1v) is 15.6. The summed E-state index contributed by atoms with van der Waals surface area (Å²) in [5, 5.41) is 14.2. The number of aliphatic hydroxyl groups excluding tert-OH is 1. The molecule has 4 atom stereocenters. The highest BCUT2D eigenvalue weighted by Gasteiger charge is 2.40. The lowest BCUT2D eigenvalue weighted by Crippen LogP contribution is -2.57. The van der Waals surface area contributed by atoms with E-state index in [0.717, 1.165) is 13.0 Å². The van der Waals surface area contributed by atoms with Crippen molar-refractivity contribution >= 4 is 15.9 Å². The van der Waals surface area contributed by atoms with E-state index >= 15 is 0 Å². The highest BCUT2D eigenvalue weighted by atomic mass is 32.2. The van der Waals surface area contributed by atoms with Crippen molar-refractivity contribution in [2.24, 2.45) is 17.8 Å². The van der Waals surface area contributed by atoms with Crippen molar-refractivity contribution in [1.82, 2.24) is 14.5 Å². The Morgan fingerprint density at radius 1 is 1.13 bits per heavy atom. The maximum Gasteiger partial charge on any atom is 0.243 e. The van der Waals surface area contributed by atoms with Gasteiger partial charge in [0.2, 0.25) is 15.9 Å². The Labute approximate surface area is 230 Å². The van der Waals surface area contributed by atoms with Crippen LogP contribution in [0.5, 0.6) is 5.75 Å². The van der Waals surface area contributed by atoms with Crippen LogP contribution in [-0.2, 0) is 14.8 Å². The number of carbonyl (C=O) groups excluding carboxylic acids is 1. The number of carbonyl (C=O) groups is 1. The highest BCUT2D eigenvalue weighted by molar-refractivity contribution is 7.89. The number of amides is 1. The molecule has 1 aromatic carbocycles. The van der Waals surface area contributed by atoms with Gasteiger partial charge in [0.15, 0.2) is 0 Å². The summed E-state index contributed by atoms with van der Waals surface area (Å²) in [5.41, 5.74) is -0.307. The van der Waals surface area contributed by atoms with Gasteiger partial charge in [-0.2, -0.15) is 4.31 Å². The topological polar surface area (TPSA) is 99.2 Å². The minimum atomic E-state index is -3.78. The van der Waals surface area contributed by atoms with Crippen LogP contribution in [0.1, 0.15) is 73.1 Å². The molecule has 1 saturated heterocycles. The molecule has 0 aromatic heterocycles. The van der Waals surface area contributed by atoms with E-state index in [1.165, 1.54) is 30.0 Å². The Morgan fingerprint density at radius 2 is 1.76 bits per heavy atom. The maximum atomic E-state index is 13.5. The number of ether oxygens (including phenoxy) is 1. The molecule has 1 aliphatic heterocycles. The van der Waals surface area contributed by atoms with Crippen molar-refractivity contribution in [2.75, 3.05) is 33.3 Å². The number of nitrogens with one attached hydrogen (secondary N) is 1. The summed E-state index contributed by atoms with van der Waals surface area (Å²) >= 11 is 0. The smallest absolute Gasteiger partial charge is 0.243 e. The summed E-state index contributed by atoms with van der Waals surface area (Å²) in [6.07, 6.45) is 5.29. The highest BCUT2D eigenvalue weighted by Crippen LogP contribution is 2.39. The zero-order valence-corrected chi connectivity index (χ0v) is 25.0. The van der Waals surface area contributed by atoms with Crippen LogP contribution < -0.4 is 10.1 Å². The Hall–Kier alpha value is -1.68. The molecular weight excluding hydrogens is 502 g/mol. The van der Waals surface area contributed by atoms with Crippen LogP contribution in [0.3, 0.4) is 0 Å². The second-order valence-electron chi connectivity index (χ2n) is 12.6. The van der Waals surface area contributed by atoms with Crippen LogP contribution in [0, 0.1) is 17.8 Å². The largest absolute Gasteiger partial charge is 0.497 e. The number of hydrogen-bond acceptors (Lipinski definition) is 6. The quantitative estimate of drug-likeness (QED) is 0.433. The summed E-state index contributed by atoms with van der Waals surface area (Å²) in [6, 6.07) is 6.14. The Balaban J connectivity index is 1.70. The van der Waals surface area contributed by atoms with Gasteiger partial charge in [0.25, 0.3) is 0 Å². The van der Waals surface area contributed by atoms with Crippen molar-refractivity contribution in [3.63, 3.8) is 0 Å². The number of piperidine rings is 1. The number of hydrogen-bond donors (Lipinski definition) is 2. The van der Waals surface area contributed by atoms with Gasteiger partial charge in [-0.25, -0.2) is 8.42 Å². The molecule has 3 rings (SSSR count). The van der Waals surface area contributed by atoms with Crippen LogP contribution in [0.4, 0.5) is 0 Å². The molecule has 1 amide bonds. The van der Waals surface area contributed by atoms with Crippen molar-refractivity contribution in [2.45, 2.75) is 95.7 Å². The van der Waals surface area contributed by atoms with E-state index in [1.54, 1.807) is 31.4 Å². The average Bonchev–Trinajstić information content (AvgIpc) is 2.85. The first-order chi connectivity index (χ1) is 17.8. The fourth-order valence-corrected chi connectivity index (χ4v) is 7.53. The molecule has 2 fully saturated rings. The van der Waals surface area contributed by atoms with Crippen molar-refractivity contribution in [3.05, 3.63) is 24.3 Å². The number of benzene rings is 1. The number of likely N-dealkylation sites (tertiary alicyclic amines) is 1. The van der Waals surface area contributed by atoms with E-state index in [1.807, 2.05) is 34.6 Å². The van der Waals surface area contributed by atoms with E-state index in [-0.39, 0.29) is 34.8 Å². The van der Waals surface area contributed by atoms with Gasteiger partial charge in [0, 0.05) is 31.7 Å². The lowest BCUT2D eigenvalue weighted by atomic mass is 9.72. The number of nitrogens with zero attached hydrogens (tertiary/aromatic N) is 2.